The number of aliphatic imine (C=N–C) groups is 1. The third-order valence-corrected chi connectivity index (χ3v) is 4.30. The number of carbonyl (C=O) groups is 2. The summed E-state index contributed by atoms with van der Waals surface area (Å²) in [6.07, 6.45) is 4.38. The van der Waals surface area contributed by atoms with Crippen LogP contribution in [-0.2, 0) is 14.3 Å². The number of methoxy groups -OCH3 is 1. The van der Waals surface area contributed by atoms with Crippen molar-refractivity contribution in [3.63, 3.8) is 0 Å². The van der Waals surface area contributed by atoms with E-state index in [9.17, 15) is 9.59 Å². The van der Waals surface area contributed by atoms with Crippen molar-refractivity contribution < 1.29 is 14.3 Å². The molecule has 0 N–H and O–H groups in total. The largest absolute Gasteiger partial charge is 0.469 e. The minimum atomic E-state index is -0.595. The van der Waals surface area contributed by atoms with Crippen LogP contribution in [-0.4, -0.2) is 44.3 Å². The Morgan fingerprint density at radius 2 is 2.09 bits per heavy atom. The van der Waals surface area contributed by atoms with Gasteiger partial charge in [-0.05, 0) is 6.42 Å². The Morgan fingerprint density at radius 3 is 2.57 bits per heavy atom. The van der Waals surface area contributed by atoms with Gasteiger partial charge in [-0.2, -0.15) is 0 Å². The van der Waals surface area contributed by atoms with Crippen molar-refractivity contribution in [3.05, 3.63) is 23.8 Å². The van der Waals surface area contributed by atoms with Crippen molar-refractivity contribution in [1.29, 1.82) is 0 Å². The first-order chi connectivity index (χ1) is 10.6. The van der Waals surface area contributed by atoms with Crippen LogP contribution in [0.4, 0.5) is 0 Å². The van der Waals surface area contributed by atoms with Gasteiger partial charge in [-0.15, -0.1) is 0 Å². The molecule has 5 nitrogen and oxygen atoms in total. The second-order valence-corrected chi connectivity index (χ2v) is 6.73. The molecule has 0 aromatic carbocycles. The molecule has 0 fully saturated rings. The lowest BCUT2D eigenvalue weighted by molar-refractivity contribution is -0.143. The standard InChI is InChI=1S/C18H28N2O3/c1-8-13-12(2)18(3,4)10-15(13)14(9-16(21)23-7)17(22)19-11-20(5)6/h10-11,13-14H,2,8-9H2,1,3-7H3/b19-11+/t13?,14-/m0/s1. The lowest BCUT2D eigenvalue weighted by Crippen LogP contribution is -2.24. The number of nitrogens with zero attached hydrogens (tertiary/aromatic N) is 2. The van der Waals surface area contributed by atoms with E-state index in [0.29, 0.717) is 0 Å². The molecule has 0 aliphatic heterocycles. The first-order valence-corrected chi connectivity index (χ1v) is 7.87. The van der Waals surface area contributed by atoms with Gasteiger partial charge >= 0.3 is 5.97 Å². The SMILES string of the molecule is C=C1C(CC)C([C@H](CC(=O)OC)C(=O)/N=C/N(C)C)=CC1(C)C. The summed E-state index contributed by atoms with van der Waals surface area (Å²) in [6.45, 7) is 10.4. The van der Waals surface area contributed by atoms with Gasteiger partial charge in [0.2, 0.25) is 0 Å². The summed E-state index contributed by atoms with van der Waals surface area (Å²) < 4.78 is 4.76. The van der Waals surface area contributed by atoms with Crippen molar-refractivity contribution in [1.82, 2.24) is 4.90 Å². The Balaban J connectivity index is 3.20. The molecule has 0 saturated carbocycles. The van der Waals surface area contributed by atoms with Gasteiger partial charge in [-0.25, -0.2) is 4.99 Å². The van der Waals surface area contributed by atoms with Crippen LogP contribution < -0.4 is 0 Å². The van der Waals surface area contributed by atoms with E-state index in [4.69, 9.17) is 4.74 Å². The van der Waals surface area contributed by atoms with Gasteiger partial charge in [-0.3, -0.25) is 9.59 Å². The van der Waals surface area contributed by atoms with Crippen molar-refractivity contribution in [3.8, 4) is 0 Å². The van der Waals surface area contributed by atoms with Gasteiger partial charge < -0.3 is 9.64 Å². The summed E-state index contributed by atoms with van der Waals surface area (Å²) in [4.78, 5) is 30.0. The summed E-state index contributed by atoms with van der Waals surface area (Å²) in [5.74, 6) is -1.23. The Kier molecular flexibility index (Phi) is 6.30. The van der Waals surface area contributed by atoms with Crippen LogP contribution in [0.1, 0.15) is 33.6 Å². The van der Waals surface area contributed by atoms with Crippen LogP contribution in [0.5, 0.6) is 0 Å². The van der Waals surface area contributed by atoms with E-state index >= 15 is 0 Å². The van der Waals surface area contributed by atoms with Crippen LogP contribution in [0.2, 0.25) is 0 Å². The van der Waals surface area contributed by atoms with Crippen molar-refractivity contribution in [2.75, 3.05) is 21.2 Å². The van der Waals surface area contributed by atoms with Gasteiger partial charge in [0, 0.05) is 25.4 Å². The molecular weight excluding hydrogens is 292 g/mol. The third kappa shape index (κ3) is 4.53. The highest BCUT2D eigenvalue weighted by Gasteiger charge is 2.40. The fraction of sp³-hybridized carbons (Fsp3) is 0.611. The molecule has 0 bridgehead atoms. The molecule has 1 aliphatic carbocycles. The molecule has 0 aromatic heterocycles. The zero-order valence-corrected chi connectivity index (χ0v) is 15.0. The molecule has 1 aliphatic rings. The molecule has 0 saturated heterocycles. The maximum Gasteiger partial charge on any atom is 0.306 e. The summed E-state index contributed by atoms with van der Waals surface area (Å²) in [5, 5.41) is 0. The minimum Gasteiger partial charge on any atom is -0.469 e. The number of amides is 1. The third-order valence-electron chi connectivity index (χ3n) is 4.30. The predicted octanol–water partition coefficient (Wildman–Crippen LogP) is 2.83. The molecule has 0 spiro atoms. The molecule has 2 atom stereocenters. The first-order valence-electron chi connectivity index (χ1n) is 7.87. The topological polar surface area (TPSA) is 59.0 Å². The van der Waals surface area contributed by atoms with Gasteiger partial charge in [0.25, 0.3) is 5.91 Å². The number of rotatable bonds is 6. The normalized spacial score (nSPS) is 21.2. The number of allylic oxidation sites excluding steroid dienone is 2. The zero-order valence-electron chi connectivity index (χ0n) is 15.0. The second-order valence-electron chi connectivity index (χ2n) is 6.73. The van der Waals surface area contributed by atoms with Crippen LogP contribution in [0.15, 0.2) is 28.8 Å². The van der Waals surface area contributed by atoms with Crippen molar-refractivity contribution >= 4 is 18.2 Å². The van der Waals surface area contributed by atoms with E-state index < -0.39 is 11.9 Å². The monoisotopic (exact) mass is 320 g/mol. The van der Waals surface area contributed by atoms with E-state index in [2.05, 4.69) is 38.4 Å². The van der Waals surface area contributed by atoms with Gasteiger partial charge in [-0.1, -0.05) is 44.6 Å². The lowest BCUT2D eigenvalue weighted by Gasteiger charge is -2.23. The maximum atomic E-state index is 12.6. The molecular formula is C18H28N2O3. The highest BCUT2D eigenvalue weighted by molar-refractivity contribution is 5.91. The molecule has 23 heavy (non-hydrogen) atoms. The fourth-order valence-electron chi connectivity index (χ4n) is 2.95. The number of esters is 1. The smallest absolute Gasteiger partial charge is 0.306 e. The van der Waals surface area contributed by atoms with E-state index in [1.807, 2.05) is 0 Å². The van der Waals surface area contributed by atoms with Crippen LogP contribution in [0.25, 0.3) is 0 Å². The van der Waals surface area contributed by atoms with Crippen molar-refractivity contribution in [2.45, 2.75) is 33.6 Å². The Labute approximate surface area is 139 Å². The molecule has 0 heterocycles. The van der Waals surface area contributed by atoms with E-state index in [1.54, 1.807) is 19.0 Å². The highest BCUT2D eigenvalue weighted by atomic mass is 16.5. The maximum absolute atomic E-state index is 12.6. The number of hydrogen-bond acceptors (Lipinski definition) is 3. The van der Waals surface area contributed by atoms with Crippen LogP contribution in [0, 0.1) is 17.3 Å². The predicted molar refractivity (Wildman–Crippen MR) is 92.1 cm³/mol. The molecule has 0 aromatic rings. The van der Waals surface area contributed by atoms with Gasteiger partial charge in [0.1, 0.15) is 0 Å². The van der Waals surface area contributed by atoms with Gasteiger partial charge in [0.15, 0.2) is 0 Å². The van der Waals surface area contributed by atoms with Crippen molar-refractivity contribution in [2.24, 2.45) is 22.2 Å². The molecule has 1 amide bonds. The summed E-state index contributed by atoms with van der Waals surface area (Å²) >= 11 is 0. The Bertz CT molecular complexity index is 544. The molecule has 1 unspecified atom stereocenters. The van der Waals surface area contributed by atoms with E-state index in [1.165, 1.54) is 13.4 Å². The lowest BCUT2D eigenvalue weighted by atomic mass is 9.81. The van der Waals surface area contributed by atoms with Crippen LogP contribution >= 0.6 is 0 Å². The molecule has 5 heteroatoms. The van der Waals surface area contributed by atoms with E-state index in [0.717, 1.165) is 17.6 Å². The summed E-state index contributed by atoms with van der Waals surface area (Å²) in [6, 6.07) is 0. The number of carbonyl (C=O) groups excluding carboxylic acids is 2. The second kappa shape index (κ2) is 7.57. The Morgan fingerprint density at radius 1 is 1.48 bits per heavy atom. The first kappa shape index (κ1) is 19.1. The van der Waals surface area contributed by atoms with Gasteiger partial charge in [0.05, 0.1) is 25.8 Å². The highest BCUT2D eigenvalue weighted by Crippen LogP contribution is 2.48. The quantitative estimate of drug-likeness (QED) is 0.327. The average molecular weight is 320 g/mol. The fourth-order valence-corrected chi connectivity index (χ4v) is 2.95. The summed E-state index contributed by atoms with van der Waals surface area (Å²) in [7, 11) is 4.91. The summed E-state index contributed by atoms with van der Waals surface area (Å²) in [5.41, 5.74) is 1.83. The minimum absolute atomic E-state index is 0.00575. The Hall–Kier alpha value is -1.91. The zero-order chi connectivity index (χ0) is 17.8. The van der Waals surface area contributed by atoms with Crippen LogP contribution in [0.3, 0.4) is 0 Å². The molecule has 0 radical (unpaired) electrons. The average Bonchev–Trinajstić information content (AvgIpc) is 2.71. The molecule has 128 valence electrons. The number of hydrogen-bond donors (Lipinski definition) is 0. The number of ether oxygens (including phenoxy) is 1. The van der Waals surface area contributed by atoms with E-state index in [-0.39, 0.29) is 23.7 Å². The molecule has 1 rings (SSSR count).